The Hall–Kier alpha value is -4.02. The van der Waals surface area contributed by atoms with Crippen LogP contribution < -0.4 is 24.4 Å². The number of benzene rings is 2. The molecule has 2 N–H and O–H groups in total. The number of phosphoric ester groups is 1. The van der Waals surface area contributed by atoms with E-state index in [0.29, 0.717) is 23.6 Å². The number of fused-ring (bicyclic) bond motifs is 1. The minimum Gasteiger partial charge on any atom is -0.497 e. The van der Waals surface area contributed by atoms with Gasteiger partial charge in [0.15, 0.2) is 11.5 Å². The molecule has 1 amide bonds. The molecule has 3 aromatic rings. The van der Waals surface area contributed by atoms with Gasteiger partial charge in [0, 0.05) is 7.11 Å². The van der Waals surface area contributed by atoms with Crippen LogP contribution in [0, 0.1) is 0 Å². The van der Waals surface area contributed by atoms with E-state index in [-0.39, 0.29) is 29.6 Å². The molecular formula is C28H30NO10P. The molecule has 0 bridgehead atoms. The Kier molecular flexibility index (Phi) is 9.01. The molecule has 1 heterocycles. The van der Waals surface area contributed by atoms with Crippen molar-refractivity contribution in [2.24, 2.45) is 0 Å². The summed E-state index contributed by atoms with van der Waals surface area (Å²) >= 11 is 0. The van der Waals surface area contributed by atoms with Gasteiger partial charge in [-0.05, 0) is 82.8 Å². The van der Waals surface area contributed by atoms with Crippen molar-refractivity contribution in [3.63, 3.8) is 0 Å². The van der Waals surface area contributed by atoms with E-state index >= 15 is 0 Å². The number of carbonyl (C=O) groups is 1. The molecule has 11 nitrogen and oxygen atoms in total. The van der Waals surface area contributed by atoms with Crippen molar-refractivity contribution in [3.8, 4) is 23.0 Å². The molecule has 40 heavy (non-hydrogen) atoms. The molecule has 0 aliphatic heterocycles. The van der Waals surface area contributed by atoms with Crippen molar-refractivity contribution in [1.29, 1.82) is 0 Å². The molecule has 1 aliphatic carbocycles. The Morgan fingerprint density at radius 3 is 2.35 bits per heavy atom. The van der Waals surface area contributed by atoms with E-state index in [1.165, 1.54) is 14.2 Å². The molecule has 0 saturated heterocycles. The van der Waals surface area contributed by atoms with Gasteiger partial charge in [-0.15, -0.1) is 0 Å². The number of allylic oxidation sites excluding steroid dienone is 2. The molecule has 2 aromatic carbocycles. The summed E-state index contributed by atoms with van der Waals surface area (Å²) in [6.07, 6.45) is 3.64. The number of hydrogen-bond acceptors (Lipinski definition) is 9. The number of methoxy groups -OCH3 is 3. The van der Waals surface area contributed by atoms with Crippen LogP contribution >= 0.6 is 7.82 Å². The number of ether oxygens (including phenoxy) is 3. The van der Waals surface area contributed by atoms with Crippen LogP contribution in [0.1, 0.15) is 35.8 Å². The molecule has 212 valence electrons. The summed E-state index contributed by atoms with van der Waals surface area (Å²) in [4.78, 5) is 27.5. The van der Waals surface area contributed by atoms with Gasteiger partial charge in [-0.2, -0.15) is 0 Å². The van der Waals surface area contributed by atoms with Crippen LogP contribution in [0.2, 0.25) is 0 Å². The largest absolute Gasteiger partial charge is 0.508 e. The first kappa shape index (κ1) is 29.0. The molecule has 12 heteroatoms. The van der Waals surface area contributed by atoms with Gasteiger partial charge in [-0.25, -0.2) is 4.57 Å². The lowest BCUT2D eigenvalue weighted by atomic mass is 10.00. The van der Waals surface area contributed by atoms with Crippen LogP contribution in [0.25, 0.3) is 17.2 Å². The van der Waals surface area contributed by atoms with Gasteiger partial charge in [0.05, 0.1) is 40.6 Å². The third-order valence-electron chi connectivity index (χ3n) is 6.32. The van der Waals surface area contributed by atoms with Crippen molar-refractivity contribution in [1.82, 2.24) is 5.32 Å². The monoisotopic (exact) mass is 571 g/mol. The number of nitrogens with one attached hydrogen (secondary N) is 1. The third-order valence-corrected chi connectivity index (χ3v) is 7.04. The second-order valence-electron chi connectivity index (χ2n) is 8.67. The Bertz CT molecular complexity index is 1470. The molecule has 1 atom stereocenters. The highest BCUT2D eigenvalue weighted by Gasteiger charge is 2.27. The second-order valence-corrected chi connectivity index (χ2v) is 10.1. The molecule has 0 fully saturated rings. The molecule has 0 spiro atoms. The van der Waals surface area contributed by atoms with E-state index < -0.39 is 7.82 Å². The van der Waals surface area contributed by atoms with Crippen LogP contribution in [0.15, 0.2) is 58.7 Å². The normalized spacial score (nSPS) is 15.0. The van der Waals surface area contributed by atoms with Gasteiger partial charge >= 0.3 is 7.82 Å². The molecule has 0 radical (unpaired) electrons. The summed E-state index contributed by atoms with van der Waals surface area (Å²) in [5.41, 5.74) is 5.16. The number of hydrogen-bond donors (Lipinski definition) is 2. The van der Waals surface area contributed by atoms with Crippen molar-refractivity contribution < 1.29 is 47.0 Å². The number of phosphoric acid groups is 1. The van der Waals surface area contributed by atoms with Crippen LogP contribution in [-0.2, 0) is 25.1 Å². The number of carbonyl (C=O) groups excluding carboxylic acids is 1. The summed E-state index contributed by atoms with van der Waals surface area (Å²) in [5.74, 6) is 1.52. The SMILES string of the molecule is COc1ccc2c(c1)C(CC(=O)NCc1ccco1)=C(C)/C2=C/c1cc(OC)c(OOP(=O)(O)OC)c(OC)c1. The average molecular weight is 572 g/mol. The maximum atomic E-state index is 12.9. The minimum atomic E-state index is -4.42. The van der Waals surface area contributed by atoms with E-state index in [0.717, 1.165) is 35.0 Å². The number of furan rings is 1. The molecule has 1 aliphatic rings. The Labute approximate surface area is 231 Å². The average Bonchev–Trinajstić information content (AvgIpc) is 3.57. The molecule has 4 rings (SSSR count). The van der Waals surface area contributed by atoms with Gasteiger partial charge in [0.1, 0.15) is 11.5 Å². The van der Waals surface area contributed by atoms with E-state index in [2.05, 4.69) is 14.5 Å². The maximum Gasteiger partial charge on any atom is 0.508 e. The fourth-order valence-electron chi connectivity index (χ4n) is 4.28. The van der Waals surface area contributed by atoms with Crippen LogP contribution in [0.3, 0.4) is 0 Å². The van der Waals surface area contributed by atoms with Crippen LogP contribution in [0.5, 0.6) is 23.0 Å². The van der Waals surface area contributed by atoms with Crippen LogP contribution in [-0.4, -0.2) is 39.2 Å². The molecule has 1 aromatic heterocycles. The predicted molar refractivity (Wildman–Crippen MR) is 147 cm³/mol. The second kappa shape index (κ2) is 12.4. The lowest BCUT2D eigenvalue weighted by Gasteiger charge is -2.15. The summed E-state index contributed by atoms with van der Waals surface area (Å²) in [5, 5.41) is 2.90. The number of amides is 1. The van der Waals surface area contributed by atoms with Crippen molar-refractivity contribution in [2.45, 2.75) is 19.9 Å². The smallest absolute Gasteiger partial charge is 0.497 e. The van der Waals surface area contributed by atoms with Gasteiger partial charge in [0.2, 0.25) is 11.7 Å². The van der Waals surface area contributed by atoms with Gasteiger partial charge in [0.25, 0.3) is 0 Å². The summed E-state index contributed by atoms with van der Waals surface area (Å²) in [6, 6.07) is 12.6. The first-order valence-electron chi connectivity index (χ1n) is 12.1. The first-order chi connectivity index (χ1) is 19.2. The third kappa shape index (κ3) is 6.40. The van der Waals surface area contributed by atoms with E-state index in [1.54, 1.807) is 37.6 Å². The first-order valence-corrected chi connectivity index (χ1v) is 13.6. The van der Waals surface area contributed by atoms with Gasteiger partial charge < -0.3 is 33.7 Å². The highest BCUT2D eigenvalue weighted by molar-refractivity contribution is 7.47. The zero-order valence-electron chi connectivity index (χ0n) is 22.7. The Balaban J connectivity index is 1.70. The highest BCUT2D eigenvalue weighted by Crippen LogP contribution is 2.48. The molecular weight excluding hydrogens is 541 g/mol. The lowest BCUT2D eigenvalue weighted by Crippen LogP contribution is -2.22. The standard InChI is InChI=1S/C28H30NO10P/c1-17-22(11-18-12-25(34-3)28(26(13-18)35-4)38-39-40(31,32)36-5)21-9-8-19(33-2)14-24(21)23(17)15-27(30)29-16-20-7-6-10-37-20/h6-14H,15-16H2,1-5H3,(H,29,30)(H,31,32)/b22-11-. The zero-order valence-corrected chi connectivity index (χ0v) is 23.6. The van der Waals surface area contributed by atoms with Crippen molar-refractivity contribution in [2.75, 3.05) is 28.4 Å². The van der Waals surface area contributed by atoms with E-state index in [1.807, 2.05) is 31.2 Å². The molecule has 0 saturated carbocycles. The maximum absolute atomic E-state index is 12.9. The fraction of sp³-hybridized carbons (Fsp3) is 0.250. The van der Waals surface area contributed by atoms with E-state index in [4.69, 9.17) is 23.5 Å². The molecule has 1 unspecified atom stereocenters. The van der Waals surface area contributed by atoms with Gasteiger partial charge in [-0.3, -0.25) is 9.32 Å². The summed E-state index contributed by atoms with van der Waals surface area (Å²) < 4.78 is 42.3. The van der Waals surface area contributed by atoms with Gasteiger partial charge in [-0.1, -0.05) is 10.7 Å². The Morgan fingerprint density at radius 1 is 1.02 bits per heavy atom. The predicted octanol–water partition coefficient (Wildman–Crippen LogP) is 5.40. The zero-order chi connectivity index (χ0) is 28.9. The van der Waals surface area contributed by atoms with Crippen molar-refractivity contribution >= 4 is 31.0 Å². The Morgan fingerprint density at radius 2 is 1.75 bits per heavy atom. The fourth-order valence-corrected chi connectivity index (χ4v) is 4.51. The lowest BCUT2D eigenvalue weighted by molar-refractivity contribution is -0.127. The summed E-state index contributed by atoms with van der Waals surface area (Å²) in [6.45, 7) is 2.25. The number of rotatable bonds is 12. The highest BCUT2D eigenvalue weighted by atomic mass is 31.2. The van der Waals surface area contributed by atoms with Crippen LogP contribution in [0.4, 0.5) is 0 Å². The van der Waals surface area contributed by atoms with E-state index in [9.17, 15) is 14.3 Å². The minimum absolute atomic E-state index is 0.0452. The summed E-state index contributed by atoms with van der Waals surface area (Å²) in [7, 11) is 1.000. The topological polar surface area (TPSA) is 135 Å². The van der Waals surface area contributed by atoms with Crippen molar-refractivity contribution in [3.05, 3.63) is 76.8 Å². The quantitative estimate of drug-likeness (QED) is 0.165.